The molecule has 3 nitrogen and oxygen atoms in total. The molecule has 4 heteroatoms. The average molecular weight is 241 g/mol. The number of benzene rings is 1. The van der Waals surface area contributed by atoms with E-state index >= 15 is 0 Å². The fraction of sp³-hybridized carbons (Fsp3) is 0.500. The third-order valence-electron chi connectivity index (χ3n) is 3.11. The Morgan fingerprint density at radius 3 is 2.62 bits per heavy atom. The van der Waals surface area contributed by atoms with E-state index in [1.165, 1.54) is 0 Å². The molecule has 1 aliphatic heterocycles. The Labute approximate surface area is 101 Å². The van der Waals surface area contributed by atoms with Crippen molar-refractivity contribution in [2.75, 3.05) is 24.2 Å². The highest BCUT2D eigenvalue weighted by molar-refractivity contribution is 6.33. The predicted molar refractivity (Wildman–Crippen MR) is 68.7 cm³/mol. The molecule has 1 atom stereocenters. The molecule has 0 radical (unpaired) electrons. The van der Waals surface area contributed by atoms with E-state index in [0.29, 0.717) is 5.69 Å². The summed E-state index contributed by atoms with van der Waals surface area (Å²) < 4.78 is 5.82. The van der Waals surface area contributed by atoms with Crippen LogP contribution in [0.5, 0.6) is 5.75 Å². The van der Waals surface area contributed by atoms with E-state index in [4.69, 9.17) is 22.1 Å². The molecule has 0 spiro atoms. The lowest BCUT2D eigenvalue weighted by molar-refractivity contribution is 0.216. The van der Waals surface area contributed by atoms with Crippen molar-refractivity contribution in [2.45, 2.75) is 26.9 Å². The number of hydrogen-bond donors (Lipinski definition) is 1. The van der Waals surface area contributed by atoms with E-state index in [1.807, 2.05) is 27.8 Å². The van der Waals surface area contributed by atoms with Gasteiger partial charge in [-0.15, -0.1) is 0 Å². The number of likely N-dealkylation sites (N-methyl/N-ethyl adjacent to an activating group) is 1. The topological polar surface area (TPSA) is 38.5 Å². The van der Waals surface area contributed by atoms with Crippen molar-refractivity contribution in [2.24, 2.45) is 0 Å². The lowest BCUT2D eigenvalue weighted by Gasteiger charge is -2.35. The second-order valence-electron chi connectivity index (χ2n) is 4.46. The summed E-state index contributed by atoms with van der Waals surface area (Å²) in [5.41, 5.74) is 9.68. The predicted octanol–water partition coefficient (Wildman–Crippen LogP) is 2.76. The zero-order valence-corrected chi connectivity index (χ0v) is 10.9. The molecule has 0 saturated heterocycles. The van der Waals surface area contributed by atoms with Crippen LogP contribution in [0, 0.1) is 13.8 Å². The summed E-state index contributed by atoms with van der Waals surface area (Å²) in [5, 5.41) is 0.737. The van der Waals surface area contributed by atoms with Crippen molar-refractivity contribution in [3.8, 4) is 5.75 Å². The largest absolute Gasteiger partial charge is 0.484 e. The van der Waals surface area contributed by atoms with Crippen molar-refractivity contribution >= 4 is 23.0 Å². The summed E-state index contributed by atoms with van der Waals surface area (Å²) in [6, 6.07) is 0. The Kier molecular flexibility index (Phi) is 2.66. The zero-order chi connectivity index (χ0) is 12.0. The van der Waals surface area contributed by atoms with Crippen LogP contribution in [0.3, 0.4) is 0 Å². The van der Waals surface area contributed by atoms with E-state index in [1.54, 1.807) is 0 Å². The van der Waals surface area contributed by atoms with Crippen LogP contribution < -0.4 is 15.4 Å². The first kappa shape index (κ1) is 11.4. The molecular weight excluding hydrogens is 224 g/mol. The van der Waals surface area contributed by atoms with E-state index in [9.17, 15) is 0 Å². The third kappa shape index (κ3) is 1.50. The summed E-state index contributed by atoms with van der Waals surface area (Å²) in [6.07, 6.45) is 0.153. The van der Waals surface area contributed by atoms with Crippen LogP contribution >= 0.6 is 11.6 Å². The summed E-state index contributed by atoms with van der Waals surface area (Å²) in [6.45, 7) is 6.82. The first-order chi connectivity index (χ1) is 7.43. The maximum Gasteiger partial charge on any atom is 0.166 e. The maximum atomic E-state index is 6.26. The number of halogens is 1. The fourth-order valence-electron chi connectivity index (χ4n) is 2.27. The van der Waals surface area contributed by atoms with Gasteiger partial charge in [0.15, 0.2) is 5.75 Å². The molecule has 1 aliphatic rings. The van der Waals surface area contributed by atoms with Gasteiger partial charge in [-0.2, -0.15) is 0 Å². The van der Waals surface area contributed by atoms with Gasteiger partial charge in [0.1, 0.15) is 6.10 Å². The number of anilines is 2. The number of ether oxygens (including phenoxy) is 1. The molecule has 0 saturated carbocycles. The highest BCUT2D eigenvalue weighted by Gasteiger charge is 2.27. The molecule has 16 heavy (non-hydrogen) atoms. The molecule has 1 heterocycles. The van der Waals surface area contributed by atoms with Gasteiger partial charge < -0.3 is 15.4 Å². The molecule has 0 aromatic heterocycles. The van der Waals surface area contributed by atoms with Crippen molar-refractivity contribution in [3.63, 3.8) is 0 Å². The van der Waals surface area contributed by atoms with Gasteiger partial charge in [-0.05, 0) is 31.9 Å². The molecule has 1 unspecified atom stereocenters. The van der Waals surface area contributed by atoms with Crippen LogP contribution in [0.2, 0.25) is 5.02 Å². The normalized spacial score (nSPS) is 19.3. The summed E-state index contributed by atoms with van der Waals surface area (Å²) >= 11 is 6.26. The van der Waals surface area contributed by atoms with Gasteiger partial charge in [0.05, 0.1) is 22.9 Å². The molecule has 0 fully saturated rings. The third-order valence-corrected chi connectivity index (χ3v) is 3.68. The number of fused-ring (bicyclic) bond motifs is 1. The minimum Gasteiger partial charge on any atom is -0.484 e. The van der Waals surface area contributed by atoms with Crippen LogP contribution in [0.1, 0.15) is 18.1 Å². The van der Waals surface area contributed by atoms with Gasteiger partial charge >= 0.3 is 0 Å². The number of rotatable bonds is 0. The molecule has 1 aromatic rings. The molecule has 88 valence electrons. The second kappa shape index (κ2) is 3.74. The smallest absolute Gasteiger partial charge is 0.166 e. The van der Waals surface area contributed by atoms with E-state index in [2.05, 4.69) is 4.90 Å². The molecule has 0 amide bonds. The quantitative estimate of drug-likeness (QED) is 0.709. The van der Waals surface area contributed by atoms with Crippen LogP contribution in [0.25, 0.3) is 0 Å². The molecular formula is C12H17ClN2O. The van der Waals surface area contributed by atoms with E-state index in [0.717, 1.165) is 34.1 Å². The molecule has 0 aliphatic carbocycles. The monoisotopic (exact) mass is 240 g/mol. The van der Waals surface area contributed by atoms with Crippen molar-refractivity contribution in [3.05, 3.63) is 16.1 Å². The lowest BCUT2D eigenvalue weighted by Crippen LogP contribution is -2.36. The Morgan fingerprint density at radius 2 is 2.00 bits per heavy atom. The van der Waals surface area contributed by atoms with Gasteiger partial charge in [0, 0.05) is 7.05 Å². The maximum absolute atomic E-state index is 6.26. The Morgan fingerprint density at radius 1 is 1.38 bits per heavy atom. The van der Waals surface area contributed by atoms with Crippen molar-refractivity contribution in [1.29, 1.82) is 0 Å². The summed E-state index contributed by atoms with van der Waals surface area (Å²) in [4.78, 5) is 2.15. The van der Waals surface area contributed by atoms with Crippen LogP contribution in [0.4, 0.5) is 11.4 Å². The zero-order valence-electron chi connectivity index (χ0n) is 10.1. The highest BCUT2D eigenvalue weighted by Crippen LogP contribution is 2.45. The van der Waals surface area contributed by atoms with Crippen LogP contribution in [-0.4, -0.2) is 19.7 Å². The van der Waals surface area contributed by atoms with Crippen molar-refractivity contribution < 1.29 is 4.74 Å². The standard InChI is InChI=1S/C12H17ClN2O/c1-6-5-15(4)11-8(3)9(13)7(2)10(14)12(11)16-6/h6H,5,14H2,1-4H3. The molecule has 2 N–H and O–H groups in total. The SMILES string of the molecule is Cc1c(N)c2c(c(C)c1Cl)N(C)CC(C)O2. The first-order valence-corrected chi connectivity index (χ1v) is 5.77. The Balaban J connectivity index is 2.71. The molecule has 1 aromatic carbocycles. The minimum absolute atomic E-state index is 0.153. The lowest BCUT2D eigenvalue weighted by atomic mass is 10.0. The highest BCUT2D eigenvalue weighted by atomic mass is 35.5. The minimum atomic E-state index is 0.153. The summed E-state index contributed by atoms with van der Waals surface area (Å²) in [5.74, 6) is 0.778. The van der Waals surface area contributed by atoms with E-state index in [-0.39, 0.29) is 6.10 Å². The first-order valence-electron chi connectivity index (χ1n) is 5.39. The van der Waals surface area contributed by atoms with Crippen LogP contribution in [-0.2, 0) is 0 Å². The van der Waals surface area contributed by atoms with Crippen molar-refractivity contribution in [1.82, 2.24) is 0 Å². The Bertz CT molecular complexity index is 445. The molecule has 0 bridgehead atoms. The number of nitrogens with zero attached hydrogens (tertiary/aromatic N) is 1. The average Bonchev–Trinajstić information content (AvgIpc) is 2.22. The van der Waals surface area contributed by atoms with Crippen LogP contribution in [0.15, 0.2) is 0 Å². The van der Waals surface area contributed by atoms with Gasteiger partial charge in [-0.3, -0.25) is 0 Å². The van der Waals surface area contributed by atoms with Gasteiger partial charge in [-0.25, -0.2) is 0 Å². The second-order valence-corrected chi connectivity index (χ2v) is 4.84. The summed E-state index contributed by atoms with van der Waals surface area (Å²) in [7, 11) is 2.04. The fourth-order valence-corrected chi connectivity index (χ4v) is 2.46. The Hall–Kier alpha value is -1.09. The van der Waals surface area contributed by atoms with Gasteiger partial charge in [0.25, 0.3) is 0 Å². The number of nitrogens with two attached hydrogens (primary N) is 1. The molecule has 2 rings (SSSR count). The number of nitrogen functional groups attached to an aromatic ring is 1. The van der Waals surface area contributed by atoms with Gasteiger partial charge in [0.2, 0.25) is 0 Å². The number of hydrogen-bond acceptors (Lipinski definition) is 3. The van der Waals surface area contributed by atoms with Gasteiger partial charge in [-0.1, -0.05) is 11.6 Å². The van der Waals surface area contributed by atoms with E-state index < -0.39 is 0 Å².